The fraction of sp³-hybridized carbons (Fsp3) is 0.526. The van der Waals surface area contributed by atoms with Crippen molar-refractivity contribution in [2.75, 3.05) is 14.1 Å². The van der Waals surface area contributed by atoms with Crippen LogP contribution in [0.4, 0.5) is 4.79 Å². The lowest BCUT2D eigenvalue weighted by Gasteiger charge is -2.34. The van der Waals surface area contributed by atoms with Crippen LogP contribution in [0.3, 0.4) is 0 Å². The summed E-state index contributed by atoms with van der Waals surface area (Å²) in [5.74, 6) is 0.253. The van der Waals surface area contributed by atoms with Crippen LogP contribution >= 0.6 is 0 Å². The Hall–Kier alpha value is -2.37. The molecule has 0 aromatic heterocycles. The van der Waals surface area contributed by atoms with Crippen LogP contribution in [-0.2, 0) is 11.3 Å². The number of nitrogens with one attached hydrogen (secondary N) is 1. The molecule has 1 saturated carbocycles. The molecular formula is C19H25N3O3. The normalized spacial score (nSPS) is 26.0. The van der Waals surface area contributed by atoms with Gasteiger partial charge in [-0.3, -0.25) is 14.5 Å². The van der Waals surface area contributed by atoms with Gasteiger partial charge in [0.05, 0.1) is 6.54 Å². The molecule has 0 radical (unpaired) electrons. The maximum absolute atomic E-state index is 12.9. The van der Waals surface area contributed by atoms with Crippen LogP contribution in [0.5, 0.6) is 0 Å². The van der Waals surface area contributed by atoms with Gasteiger partial charge in [-0.15, -0.1) is 0 Å². The van der Waals surface area contributed by atoms with Crippen molar-refractivity contribution in [1.82, 2.24) is 15.1 Å². The summed E-state index contributed by atoms with van der Waals surface area (Å²) in [4.78, 5) is 40.0. The first-order valence-electron chi connectivity index (χ1n) is 8.77. The number of carbonyl (C=O) groups excluding carboxylic acids is 3. The predicted molar refractivity (Wildman–Crippen MR) is 93.9 cm³/mol. The van der Waals surface area contributed by atoms with Crippen LogP contribution in [0.25, 0.3) is 0 Å². The standard InChI is InChI=1S/C19H25N3O3/c1-13-5-4-10-19(11-13)17(24)22(18(25)20-19)12-14-6-8-15(9-7-14)16(23)21(2)3/h6-9,13H,4-5,10-12H2,1-3H3,(H,20,25)/t13-,19-/m0/s1. The fourth-order valence-electron chi connectivity index (χ4n) is 3.87. The predicted octanol–water partition coefficient (Wildman–Crippen LogP) is 2.39. The Kier molecular flexibility index (Phi) is 4.54. The molecule has 1 saturated heterocycles. The van der Waals surface area contributed by atoms with E-state index in [-0.39, 0.29) is 24.4 Å². The van der Waals surface area contributed by atoms with Crippen molar-refractivity contribution < 1.29 is 14.4 Å². The number of urea groups is 1. The van der Waals surface area contributed by atoms with Crippen LogP contribution in [0.2, 0.25) is 0 Å². The third-order valence-electron chi connectivity index (χ3n) is 5.19. The highest BCUT2D eigenvalue weighted by molar-refractivity contribution is 6.07. The van der Waals surface area contributed by atoms with E-state index in [1.54, 1.807) is 38.4 Å². The lowest BCUT2D eigenvalue weighted by Crippen LogP contribution is -2.50. The lowest BCUT2D eigenvalue weighted by atomic mass is 9.76. The zero-order chi connectivity index (χ0) is 18.2. The van der Waals surface area contributed by atoms with Crippen LogP contribution < -0.4 is 5.32 Å². The van der Waals surface area contributed by atoms with Gasteiger partial charge in [0.25, 0.3) is 11.8 Å². The molecule has 1 aliphatic carbocycles. The molecule has 1 heterocycles. The zero-order valence-corrected chi connectivity index (χ0v) is 15.0. The van der Waals surface area contributed by atoms with E-state index in [2.05, 4.69) is 12.2 Å². The number of imide groups is 1. The van der Waals surface area contributed by atoms with Crippen LogP contribution in [-0.4, -0.2) is 47.3 Å². The first-order valence-corrected chi connectivity index (χ1v) is 8.77. The van der Waals surface area contributed by atoms with Gasteiger partial charge in [-0.05, 0) is 36.5 Å². The third kappa shape index (κ3) is 3.25. The molecule has 3 rings (SSSR count). The van der Waals surface area contributed by atoms with Gasteiger partial charge in [-0.2, -0.15) is 0 Å². The molecule has 1 N–H and O–H groups in total. The number of benzene rings is 1. The van der Waals surface area contributed by atoms with Gasteiger partial charge >= 0.3 is 6.03 Å². The molecule has 6 nitrogen and oxygen atoms in total. The number of nitrogens with zero attached hydrogens (tertiary/aromatic N) is 2. The Morgan fingerprint density at radius 3 is 2.56 bits per heavy atom. The average molecular weight is 343 g/mol. The van der Waals surface area contributed by atoms with Crippen molar-refractivity contribution in [3.05, 3.63) is 35.4 Å². The summed E-state index contributed by atoms with van der Waals surface area (Å²) in [7, 11) is 3.40. The molecule has 2 aliphatic rings. The maximum Gasteiger partial charge on any atom is 0.325 e. The summed E-state index contributed by atoms with van der Waals surface area (Å²) in [5.41, 5.74) is 0.707. The minimum Gasteiger partial charge on any atom is -0.345 e. The van der Waals surface area contributed by atoms with E-state index in [1.807, 2.05) is 0 Å². The molecule has 2 atom stereocenters. The van der Waals surface area contributed by atoms with Gasteiger partial charge in [0.1, 0.15) is 5.54 Å². The van der Waals surface area contributed by atoms with Crippen LogP contribution in [0, 0.1) is 5.92 Å². The van der Waals surface area contributed by atoms with Crippen LogP contribution in [0.15, 0.2) is 24.3 Å². The van der Waals surface area contributed by atoms with Crippen molar-refractivity contribution in [2.45, 2.75) is 44.7 Å². The Labute approximate surface area is 148 Å². The van der Waals surface area contributed by atoms with E-state index in [9.17, 15) is 14.4 Å². The molecule has 1 aromatic rings. The van der Waals surface area contributed by atoms with Crippen molar-refractivity contribution in [3.63, 3.8) is 0 Å². The number of hydrogen-bond donors (Lipinski definition) is 1. The quantitative estimate of drug-likeness (QED) is 0.857. The van der Waals surface area contributed by atoms with Crippen molar-refractivity contribution in [1.29, 1.82) is 0 Å². The van der Waals surface area contributed by atoms with Crippen LogP contribution in [0.1, 0.15) is 48.5 Å². The van der Waals surface area contributed by atoms with E-state index in [0.717, 1.165) is 18.4 Å². The molecule has 2 fully saturated rings. The molecule has 6 heteroatoms. The first-order chi connectivity index (χ1) is 11.8. The molecule has 0 bridgehead atoms. The highest BCUT2D eigenvalue weighted by Gasteiger charge is 2.52. The van der Waals surface area contributed by atoms with Gasteiger partial charge < -0.3 is 10.2 Å². The van der Waals surface area contributed by atoms with Gasteiger partial charge in [-0.25, -0.2) is 4.79 Å². The maximum atomic E-state index is 12.9. The second-order valence-corrected chi connectivity index (χ2v) is 7.50. The molecule has 1 aromatic carbocycles. The number of amides is 4. The zero-order valence-electron chi connectivity index (χ0n) is 15.0. The second-order valence-electron chi connectivity index (χ2n) is 7.50. The molecule has 1 aliphatic heterocycles. The summed E-state index contributed by atoms with van der Waals surface area (Å²) in [5, 5.41) is 2.94. The van der Waals surface area contributed by atoms with Gasteiger partial charge in [0.15, 0.2) is 0 Å². The summed E-state index contributed by atoms with van der Waals surface area (Å²) in [6.07, 6.45) is 3.49. The summed E-state index contributed by atoms with van der Waals surface area (Å²) in [6, 6.07) is 6.74. The van der Waals surface area contributed by atoms with E-state index in [1.165, 1.54) is 9.80 Å². The lowest BCUT2D eigenvalue weighted by molar-refractivity contribution is -0.133. The fourth-order valence-corrected chi connectivity index (χ4v) is 3.87. The summed E-state index contributed by atoms with van der Waals surface area (Å²) in [6.45, 7) is 2.36. The minimum atomic E-state index is -0.713. The summed E-state index contributed by atoms with van der Waals surface area (Å²) >= 11 is 0. The van der Waals surface area contributed by atoms with Crippen molar-refractivity contribution in [2.24, 2.45) is 5.92 Å². The minimum absolute atomic E-state index is 0.0725. The first kappa shape index (κ1) is 17.5. The highest BCUT2D eigenvalue weighted by Crippen LogP contribution is 2.37. The average Bonchev–Trinajstić information content (AvgIpc) is 2.78. The Morgan fingerprint density at radius 1 is 1.28 bits per heavy atom. The van der Waals surface area contributed by atoms with Crippen molar-refractivity contribution in [3.8, 4) is 0 Å². The summed E-state index contributed by atoms with van der Waals surface area (Å²) < 4.78 is 0. The molecule has 134 valence electrons. The molecule has 4 amide bonds. The number of hydrogen-bond acceptors (Lipinski definition) is 3. The van der Waals surface area contributed by atoms with Gasteiger partial charge in [0.2, 0.25) is 0 Å². The third-order valence-corrected chi connectivity index (χ3v) is 5.19. The SMILES string of the molecule is C[C@H]1CCC[C@@]2(C1)NC(=O)N(Cc1ccc(C(=O)N(C)C)cc1)C2=O. The van der Waals surface area contributed by atoms with Gasteiger partial charge in [0, 0.05) is 19.7 Å². The number of rotatable bonds is 3. The largest absolute Gasteiger partial charge is 0.345 e. The molecule has 25 heavy (non-hydrogen) atoms. The van der Waals surface area contributed by atoms with E-state index >= 15 is 0 Å². The van der Waals surface area contributed by atoms with E-state index in [4.69, 9.17) is 0 Å². The van der Waals surface area contributed by atoms with Gasteiger partial charge in [-0.1, -0.05) is 31.9 Å². The monoisotopic (exact) mass is 343 g/mol. The van der Waals surface area contributed by atoms with E-state index in [0.29, 0.717) is 24.3 Å². The molecule has 1 spiro atoms. The van der Waals surface area contributed by atoms with Crippen molar-refractivity contribution >= 4 is 17.8 Å². The Bertz CT molecular complexity index is 698. The topological polar surface area (TPSA) is 69.7 Å². The smallest absolute Gasteiger partial charge is 0.325 e. The highest BCUT2D eigenvalue weighted by atomic mass is 16.2. The second kappa shape index (κ2) is 6.50. The Morgan fingerprint density at radius 2 is 1.96 bits per heavy atom. The van der Waals surface area contributed by atoms with E-state index < -0.39 is 5.54 Å². The number of carbonyl (C=O) groups is 3. The molecular weight excluding hydrogens is 318 g/mol. The molecule has 0 unspecified atom stereocenters. The Balaban J connectivity index is 1.73.